The van der Waals surface area contributed by atoms with Gasteiger partial charge in [0.1, 0.15) is 5.75 Å². The van der Waals surface area contributed by atoms with E-state index < -0.39 is 0 Å². The Morgan fingerprint density at radius 2 is 1.62 bits per heavy atom. The fourth-order valence-corrected chi connectivity index (χ4v) is 2.76. The Morgan fingerprint density at radius 3 is 2.24 bits per heavy atom. The minimum absolute atomic E-state index is 0.0349. The third-order valence-electron chi connectivity index (χ3n) is 4.07. The molecule has 0 saturated carbocycles. The second-order valence-electron chi connectivity index (χ2n) is 5.46. The highest BCUT2D eigenvalue weighted by molar-refractivity contribution is 6.20. The molecular weight excluding hydrogens is 280 g/mol. The van der Waals surface area contributed by atoms with E-state index in [1.807, 2.05) is 18.2 Å². The average molecular weight is 303 g/mol. The van der Waals surface area contributed by atoms with Crippen LogP contribution in [0.4, 0.5) is 0 Å². The second kappa shape index (κ2) is 7.51. The van der Waals surface area contributed by atoms with E-state index in [9.17, 15) is 0 Å². The summed E-state index contributed by atoms with van der Waals surface area (Å²) in [6.45, 7) is 4.46. The molecule has 112 valence electrons. The minimum atomic E-state index is -0.0349. The minimum Gasteiger partial charge on any atom is -0.496 e. The van der Waals surface area contributed by atoms with Gasteiger partial charge >= 0.3 is 0 Å². The van der Waals surface area contributed by atoms with Crippen molar-refractivity contribution in [2.24, 2.45) is 0 Å². The van der Waals surface area contributed by atoms with Crippen molar-refractivity contribution >= 4 is 11.6 Å². The maximum absolute atomic E-state index is 6.58. The molecule has 0 saturated heterocycles. The van der Waals surface area contributed by atoms with Crippen LogP contribution in [0.5, 0.6) is 5.75 Å². The van der Waals surface area contributed by atoms with Gasteiger partial charge in [-0.15, -0.1) is 11.6 Å². The fraction of sp³-hybridized carbons (Fsp3) is 0.368. The summed E-state index contributed by atoms with van der Waals surface area (Å²) >= 11 is 6.58. The van der Waals surface area contributed by atoms with Crippen molar-refractivity contribution < 1.29 is 4.74 Å². The second-order valence-corrected chi connectivity index (χ2v) is 5.99. The summed E-state index contributed by atoms with van der Waals surface area (Å²) in [7, 11) is 1.70. The van der Waals surface area contributed by atoms with Gasteiger partial charge in [0.15, 0.2) is 0 Å². The number of methoxy groups -OCH3 is 1. The van der Waals surface area contributed by atoms with Crippen molar-refractivity contribution in [2.75, 3.05) is 7.11 Å². The van der Waals surface area contributed by atoms with Crippen molar-refractivity contribution in [2.45, 2.75) is 38.0 Å². The molecule has 2 atom stereocenters. The SMILES string of the molecule is CCC(C)c1ccc(C(Cl)Cc2ccccc2OC)cc1. The van der Waals surface area contributed by atoms with E-state index in [0.29, 0.717) is 5.92 Å². The van der Waals surface area contributed by atoms with Gasteiger partial charge in [-0.2, -0.15) is 0 Å². The summed E-state index contributed by atoms with van der Waals surface area (Å²) in [5.41, 5.74) is 3.68. The summed E-state index contributed by atoms with van der Waals surface area (Å²) in [4.78, 5) is 0. The number of ether oxygens (including phenoxy) is 1. The van der Waals surface area contributed by atoms with Gasteiger partial charge in [0.25, 0.3) is 0 Å². The van der Waals surface area contributed by atoms with Crippen LogP contribution in [0, 0.1) is 0 Å². The molecule has 0 fully saturated rings. The topological polar surface area (TPSA) is 9.23 Å². The molecule has 0 aliphatic carbocycles. The highest BCUT2D eigenvalue weighted by atomic mass is 35.5. The van der Waals surface area contributed by atoms with Crippen LogP contribution in [0.1, 0.15) is 48.3 Å². The number of para-hydroxylation sites is 1. The van der Waals surface area contributed by atoms with E-state index in [-0.39, 0.29) is 5.38 Å². The van der Waals surface area contributed by atoms with Gasteiger partial charge < -0.3 is 4.74 Å². The molecule has 2 heteroatoms. The quantitative estimate of drug-likeness (QED) is 0.619. The zero-order chi connectivity index (χ0) is 15.2. The monoisotopic (exact) mass is 302 g/mol. The lowest BCUT2D eigenvalue weighted by atomic mass is 9.96. The van der Waals surface area contributed by atoms with Crippen molar-refractivity contribution in [3.05, 3.63) is 65.2 Å². The highest BCUT2D eigenvalue weighted by Gasteiger charge is 2.12. The van der Waals surface area contributed by atoms with E-state index >= 15 is 0 Å². The summed E-state index contributed by atoms with van der Waals surface area (Å²) in [5.74, 6) is 1.50. The zero-order valence-electron chi connectivity index (χ0n) is 13.0. The Labute approximate surface area is 132 Å². The molecule has 0 N–H and O–H groups in total. The van der Waals surface area contributed by atoms with Gasteiger partial charge in [0.2, 0.25) is 0 Å². The number of benzene rings is 2. The molecule has 0 radical (unpaired) electrons. The van der Waals surface area contributed by atoms with Crippen molar-refractivity contribution in [1.29, 1.82) is 0 Å². The lowest BCUT2D eigenvalue weighted by Crippen LogP contribution is -1.99. The van der Waals surface area contributed by atoms with Crippen molar-refractivity contribution in [1.82, 2.24) is 0 Å². The number of rotatable bonds is 6. The number of hydrogen-bond acceptors (Lipinski definition) is 1. The van der Waals surface area contributed by atoms with Crippen molar-refractivity contribution in [3.63, 3.8) is 0 Å². The fourth-order valence-electron chi connectivity index (χ4n) is 2.45. The smallest absolute Gasteiger partial charge is 0.122 e. The number of halogens is 1. The Balaban J connectivity index is 2.11. The van der Waals surface area contributed by atoms with E-state index in [0.717, 1.165) is 29.7 Å². The average Bonchev–Trinajstić information content (AvgIpc) is 2.54. The van der Waals surface area contributed by atoms with E-state index in [1.165, 1.54) is 5.56 Å². The molecule has 0 spiro atoms. The lowest BCUT2D eigenvalue weighted by Gasteiger charge is -2.14. The van der Waals surface area contributed by atoms with Crippen LogP contribution in [0.25, 0.3) is 0 Å². The molecular formula is C19H23ClO. The molecule has 0 aliphatic rings. The summed E-state index contributed by atoms with van der Waals surface area (Å²) in [6, 6.07) is 16.7. The molecule has 2 aromatic rings. The molecule has 2 rings (SSSR count). The van der Waals surface area contributed by atoms with Crippen molar-refractivity contribution in [3.8, 4) is 5.75 Å². The zero-order valence-corrected chi connectivity index (χ0v) is 13.7. The van der Waals surface area contributed by atoms with Crippen LogP contribution < -0.4 is 4.74 Å². The lowest BCUT2D eigenvalue weighted by molar-refractivity contribution is 0.409. The van der Waals surface area contributed by atoms with Crippen LogP contribution in [0.3, 0.4) is 0 Å². The molecule has 0 heterocycles. The molecule has 0 amide bonds. The molecule has 0 aliphatic heterocycles. The van der Waals surface area contributed by atoms with Crippen LogP contribution >= 0.6 is 11.6 Å². The Kier molecular flexibility index (Phi) is 5.69. The van der Waals surface area contributed by atoms with Gasteiger partial charge in [0, 0.05) is 0 Å². The van der Waals surface area contributed by atoms with Gasteiger partial charge in [-0.05, 0) is 41.5 Å². The van der Waals surface area contributed by atoms with Gasteiger partial charge in [0.05, 0.1) is 12.5 Å². The number of alkyl halides is 1. The molecule has 0 aromatic heterocycles. The summed E-state index contributed by atoms with van der Waals surface area (Å²) in [5, 5.41) is -0.0349. The first-order valence-electron chi connectivity index (χ1n) is 7.51. The Morgan fingerprint density at radius 1 is 1.00 bits per heavy atom. The summed E-state index contributed by atoms with van der Waals surface area (Å²) < 4.78 is 5.39. The Bertz CT molecular complexity index is 562. The van der Waals surface area contributed by atoms with Gasteiger partial charge in [-0.25, -0.2) is 0 Å². The molecule has 2 unspecified atom stereocenters. The van der Waals surface area contributed by atoms with Gasteiger partial charge in [-0.3, -0.25) is 0 Å². The summed E-state index contributed by atoms with van der Waals surface area (Å²) in [6.07, 6.45) is 1.93. The third kappa shape index (κ3) is 4.01. The van der Waals surface area contributed by atoms with Crippen LogP contribution in [0.2, 0.25) is 0 Å². The predicted octanol–water partition coefficient (Wildman–Crippen LogP) is 5.73. The van der Waals surface area contributed by atoms with E-state index in [4.69, 9.17) is 16.3 Å². The van der Waals surface area contributed by atoms with E-state index in [1.54, 1.807) is 7.11 Å². The first-order valence-corrected chi connectivity index (χ1v) is 7.95. The maximum Gasteiger partial charge on any atom is 0.122 e. The highest BCUT2D eigenvalue weighted by Crippen LogP contribution is 2.30. The molecule has 0 bridgehead atoms. The van der Waals surface area contributed by atoms with E-state index in [2.05, 4.69) is 44.2 Å². The standard InChI is InChI=1S/C19H23ClO/c1-4-14(2)15-9-11-16(12-10-15)18(20)13-17-7-5-6-8-19(17)21-3/h5-12,14,18H,4,13H2,1-3H3. The van der Waals surface area contributed by atoms with Crippen LogP contribution in [-0.4, -0.2) is 7.11 Å². The Hall–Kier alpha value is -1.47. The molecule has 21 heavy (non-hydrogen) atoms. The largest absolute Gasteiger partial charge is 0.496 e. The van der Waals surface area contributed by atoms with Crippen LogP contribution in [0.15, 0.2) is 48.5 Å². The first kappa shape index (κ1) is 15.9. The van der Waals surface area contributed by atoms with Crippen LogP contribution in [-0.2, 0) is 6.42 Å². The first-order chi connectivity index (χ1) is 10.2. The molecule has 2 aromatic carbocycles. The predicted molar refractivity (Wildman–Crippen MR) is 90.4 cm³/mol. The normalized spacial score (nSPS) is 13.7. The maximum atomic E-state index is 6.58. The number of hydrogen-bond donors (Lipinski definition) is 0. The molecule has 1 nitrogen and oxygen atoms in total. The van der Waals surface area contributed by atoms with Gasteiger partial charge in [-0.1, -0.05) is 56.3 Å². The third-order valence-corrected chi connectivity index (χ3v) is 4.48.